The summed E-state index contributed by atoms with van der Waals surface area (Å²) in [4.78, 5) is 76.4. The van der Waals surface area contributed by atoms with Gasteiger partial charge in [-0.2, -0.15) is 0 Å². The van der Waals surface area contributed by atoms with Crippen LogP contribution < -0.4 is 0 Å². The van der Waals surface area contributed by atoms with Gasteiger partial charge < -0.3 is 47.4 Å². The minimum absolute atomic E-state index is 0.0217. The number of carbonyl (C=O) groups excluding carboxylic acids is 6. The number of ether oxygens (including phenoxy) is 10. The number of alkyl halides is 3. The smallest absolute Gasteiger partial charge is 0.338 e. The summed E-state index contributed by atoms with van der Waals surface area (Å²) in [6, 6.07) is 15.2. The van der Waals surface area contributed by atoms with Crippen LogP contribution >= 0.6 is 34.8 Å². The Morgan fingerprint density at radius 1 is 0.589 bits per heavy atom. The van der Waals surface area contributed by atoms with Gasteiger partial charge in [0.25, 0.3) is 3.79 Å². The van der Waals surface area contributed by atoms with Crippen LogP contribution in [0.3, 0.4) is 0 Å². The number of rotatable bonds is 12. The number of nitrogens with one attached hydrogen (secondary N) is 1. The van der Waals surface area contributed by atoms with Crippen molar-refractivity contribution >= 4 is 76.5 Å². The third-order valence-electron chi connectivity index (χ3n) is 7.96. The average Bonchev–Trinajstić information content (AvgIpc) is 3.12. The Bertz CT molecular complexity index is 1740. The Morgan fingerprint density at radius 2 is 1.04 bits per heavy atom. The van der Waals surface area contributed by atoms with Gasteiger partial charge in [-0.05, 0) is 31.2 Å². The van der Waals surface area contributed by atoms with Gasteiger partial charge in [0.15, 0.2) is 30.7 Å². The predicted octanol–water partition coefficient (Wildman–Crippen LogP) is 4.01. The molecule has 0 unspecified atom stereocenters. The fourth-order valence-electron chi connectivity index (χ4n) is 5.68. The largest absolute Gasteiger partial charge is 0.463 e. The van der Waals surface area contributed by atoms with Crippen molar-refractivity contribution in [2.45, 2.75) is 99.8 Å². The number of halogens is 3. The maximum absolute atomic E-state index is 13.8. The lowest BCUT2D eigenvalue weighted by Crippen LogP contribution is -2.67. The molecule has 0 aliphatic carbocycles. The highest BCUT2D eigenvalue weighted by molar-refractivity contribution is 6.76. The van der Waals surface area contributed by atoms with E-state index in [0.717, 1.165) is 27.7 Å². The van der Waals surface area contributed by atoms with Crippen LogP contribution in [0, 0.1) is 5.41 Å². The molecule has 0 spiro atoms. The van der Waals surface area contributed by atoms with Crippen molar-refractivity contribution in [2.24, 2.45) is 0 Å². The van der Waals surface area contributed by atoms with Crippen molar-refractivity contribution in [3.8, 4) is 0 Å². The van der Waals surface area contributed by atoms with Gasteiger partial charge >= 0.3 is 35.8 Å². The molecule has 2 aliphatic heterocycles. The molecule has 0 saturated carbocycles. The first-order valence-electron chi connectivity index (χ1n) is 16.8. The quantitative estimate of drug-likeness (QED) is 0.105. The normalized spacial score (nSPS) is 27.4. The Morgan fingerprint density at radius 3 is 1.52 bits per heavy atom. The zero-order valence-electron chi connectivity index (χ0n) is 30.4. The molecule has 2 aliphatic rings. The lowest BCUT2D eigenvalue weighted by Gasteiger charge is -2.48. The number of benzene rings is 2. The van der Waals surface area contributed by atoms with Crippen molar-refractivity contribution in [1.82, 2.24) is 0 Å². The van der Waals surface area contributed by atoms with Gasteiger partial charge in [-0.1, -0.05) is 71.2 Å². The summed E-state index contributed by atoms with van der Waals surface area (Å²) in [5.41, 5.74) is 0.0452. The van der Waals surface area contributed by atoms with E-state index >= 15 is 0 Å². The molecular weight excluding hydrogens is 809 g/mol. The van der Waals surface area contributed by atoms with E-state index in [-0.39, 0.29) is 11.1 Å². The van der Waals surface area contributed by atoms with Gasteiger partial charge in [0.05, 0.1) is 17.2 Å². The van der Waals surface area contributed by atoms with Crippen LogP contribution in [-0.2, 0) is 66.5 Å². The maximum Gasteiger partial charge on any atom is 0.338 e. The summed E-state index contributed by atoms with van der Waals surface area (Å²) in [6.45, 7) is 5.08. The highest BCUT2D eigenvalue weighted by atomic mass is 35.6. The van der Waals surface area contributed by atoms with Gasteiger partial charge in [-0.15, -0.1) is 0 Å². The second-order valence-corrected chi connectivity index (χ2v) is 14.6. The van der Waals surface area contributed by atoms with Gasteiger partial charge in [-0.25, -0.2) is 9.59 Å². The fourth-order valence-corrected chi connectivity index (χ4v) is 5.81. The standard InChI is InChI=1S/C36H38Cl3NO16/c1-17-25(49-19(3)42)27(50-20(4)43)29(51-21(5)44)33(48-17)55-26-24(16-47-18(2)41)52-34(56-35(40)36(37,38)39)30(54-32(46)23-14-10-7-11-15-23)28(26)53-31(45)22-12-8-6-9-13-22/h6-15,17,24-30,33-34,40H,16H2,1-5H3/t17-,24+,25-,26-,27+,28-,29+,30+,33-,34+/m0/s1. The lowest BCUT2D eigenvalue weighted by molar-refractivity contribution is -0.350. The van der Waals surface area contributed by atoms with Crippen LogP contribution in [0.25, 0.3) is 0 Å². The molecular formula is C36H38Cl3NO16. The predicted molar refractivity (Wildman–Crippen MR) is 192 cm³/mol. The molecule has 2 fully saturated rings. The number of hydrogen-bond donors (Lipinski definition) is 1. The molecule has 10 atom stereocenters. The summed E-state index contributed by atoms with van der Waals surface area (Å²) < 4.78 is 55.2. The molecule has 56 heavy (non-hydrogen) atoms. The first-order chi connectivity index (χ1) is 26.3. The molecule has 2 heterocycles. The molecule has 1 N–H and O–H groups in total. The van der Waals surface area contributed by atoms with E-state index < -0.39 is 114 Å². The van der Waals surface area contributed by atoms with Crippen molar-refractivity contribution in [3.63, 3.8) is 0 Å². The van der Waals surface area contributed by atoms with Crippen LogP contribution in [0.15, 0.2) is 60.7 Å². The third-order valence-corrected chi connectivity index (χ3v) is 8.48. The van der Waals surface area contributed by atoms with E-state index in [0.29, 0.717) is 0 Å². The van der Waals surface area contributed by atoms with E-state index in [1.807, 2.05) is 0 Å². The van der Waals surface area contributed by atoms with Crippen molar-refractivity contribution < 1.29 is 76.1 Å². The lowest BCUT2D eigenvalue weighted by atomic mass is 9.96. The summed E-state index contributed by atoms with van der Waals surface area (Å²) in [5.74, 6) is -6.34. The molecule has 0 radical (unpaired) electrons. The molecule has 2 saturated heterocycles. The van der Waals surface area contributed by atoms with Crippen LogP contribution in [0.5, 0.6) is 0 Å². The van der Waals surface area contributed by atoms with Crippen molar-refractivity contribution in [2.75, 3.05) is 6.61 Å². The number of carbonyl (C=O) groups is 6. The zero-order chi connectivity index (χ0) is 41.3. The van der Waals surface area contributed by atoms with Crippen LogP contribution in [0.2, 0.25) is 0 Å². The Hall–Kier alpha value is -4.52. The molecule has 0 bridgehead atoms. The summed E-state index contributed by atoms with van der Waals surface area (Å²) in [7, 11) is 0. The highest BCUT2D eigenvalue weighted by Gasteiger charge is 2.58. The molecule has 2 aromatic carbocycles. The van der Waals surface area contributed by atoms with E-state index in [1.165, 1.54) is 31.2 Å². The molecule has 17 nitrogen and oxygen atoms in total. The van der Waals surface area contributed by atoms with Crippen LogP contribution in [0.4, 0.5) is 0 Å². The van der Waals surface area contributed by atoms with Crippen LogP contribution in [-0.4, -0.2) is 114 Å². The first-order valence-corrected chi connectivity index (χ1v) is 17.9. The Kier molecular flexibility index (Phi) is 15.4. The summed E-state index contributed by atoms with van der Waals surface area (Å²) >= 11 is 17.8. The fraction of sp³-hybridized carbons (Fsp3) is 0.472. The second kappa shape index (κ2) is 19.6. The van der Waals surface area contributed by atoms with E-state index in [2.05, 4.69) is 0 Å². The zero-order valence-corrected chi connectivity index (χ0v) is 32.7. The van der Waals surface area contributed by atoms with E-state index in [9.17, 15) is 28.8 Å². The summed E-state index contributed by atoms with van der Waals surface area (Å²) in [6.07, 6.45) is -16.3. The molecule has 4 rings (SSSR count). The maximum atomic E-state index is 13.8. The van der Waals surface area contributed by atoms with Gasteiger partial charge in [0.1, 0.15) is 18.8 Å². The second-order valence-electron chi connectivity index (χ2n) is 12.3. The Balaban J connectivity index is 1.89. The molecule has 2 aromatic rings. The molecule has 304 valence electrons. The van der Waals surface area contributed by atoms with E-state index in [4.69, 9.17) is 87.6 Å². The monoisotopic (exact) mass is 845 g/mol. The van der Waals surface area contributed by atoms with Gasteiger partial charge in [0, 0.05) is 27.7 Å². The molecule has 0 aromatic heterocycles. The first kappa shape index (κ1) is 44.2. The average molecular weight is 847 g/mol. The van der Waals surface area contributed by atoms with Crippen molar-refractivity contribution in [3.05, 3.63) is 71.8 Å². The van der Waals surface area contributed by atoms with Gasteiger partial charge in [-0.3, -0.25) is 24.6 Å². The van der Waals surface area contributed by atoms with Crippen molar-refractivity contribution in [1.29, 1.82) is 5.41 Å². The van der Waals surface area contributed by atoms with E-state index in [1.54, 1.807) is 36.4 Å². The van der Waals surface area contributed by atoms with Crippen LogP contribution in [0.1, 0.15) is 55.3 Å². The topological polar surface area (TPSA) is 219 Å². The number of esters is 6. The number of hydrogen-bond acceptors (Lipinski definition) is 17. The highest BCUT2D eigenvalue weighted by Crippen LogP contribution is 2.37. The van der Waals surface area contributed by atoms with Gasteiger partial charge in [0.2, 0.25) is 18.3 Å². The Labute approximate surface area is 335 Å². The minimum atomic E-state index is -2.47. The summed E-state index contributed by atoms with van der Waals surface area (Å²) in [5, 5.41) is 8.30. The SMILES string of the molecule is CC(=O)OC[C@H]1O[C@H](OC(=N)C(Cl)(Cl)Cl)[C@H](OC(=O)c2ccccc2)[C@@H](OC(=O)c2ccccc2)[C@H]1O[C@@H]1O[C@@H](C)[C@H](OC(C)=O)[C@@H](OC(C)=O)[C@H]1OC(C)=O. The minimum Gasteiger partial charge on any atom is -0.463 e. The third kappa shape index (κ3) is 12.0. The molecule has 0 amide bonds. The molecule has 20 heteroatoms.